The number of aryl methyl sites for hydroxylation is 1. The minimum atomic E-state index is 0.765. The Balaban J connectivity index is 3.13. The van der Waals surface area contributed by atoms with Gasteiger partial charge in [-0.15, -0.1) is 0 Å². The first-order chi connectivity index (χ1) is 5.65. The Labute approximate surface area is 72.8 Å². The third-order valence-electron chi connectivity index (χ3n) is 1.91. The lowest BCUT2D eigenvalue weighted by Gasteiger charge is -2.13. The molecule has 2 heteroatoms. The molecule has 0 aliphatic rings. The molecule has 64 valence electrons. The second kappa shape index (κ2) is 3.39. The summed E-state index contributed by atoms with van der Waals surface area (Å²) in [4.78, 5) is 12.6. The number of benzene rings is 1. The fourth-order valence-corrected chi connectivity index (χ4v) is 1.03. The van der Waals surface area contributed by atoms with E-state index in [1.54, 1.807) is 0 Å². The molecule has 0 aliphatic heterocycles. The van der Waals surface area contributed by atoms with E-state index in [9.17, 15) is 4.79 Å². The maximum atomic E-state index is 10.6. The highest BCUT2D eigenvalue weighted by atomic mass is 16.1. The van der Waals surface area contributed by atoms with E-state index in [1.165, 1.54) is 0 Å². The number of carbonyl (C=O) groups excluding carboxylic acids is 1. The van der Waals surface area contributed by atoms with Crippen LogP contribution < -0.4 is 4.90 Å². The largest absolute Gasteiger partial charge is 0.378 e. The molecule has 1 aromatic rings. The Kier molecular flexibility index (Phi) is 2.48. The first kappa shape index (κ1) is 8.78. The van der Waals surface area contributed by atoms with Gasteiger partial charge in [0.2, 0.25) is 0 Å². The molecule has 0 N–H and O–H groups in total. The number of carbonyl (C=O) groups is 1. The summed E-state index contributed by atoms with van der Waals surface area (Å²) in [7, 11) is 3.92. The van der Waals surface area contributed by atoms with Gasteiger partial charge >= 0.3 is 0 Å². The molecule has 0 radical (unpaired) electrons. The molecule has 0 saturated carbocycles. The lowest BCUT2D eigenvalue weighted by atomic mass is 10.1. The lowest BCUT2D eigenvalue weighted by Crippen LogP contribution is -2.08. The topological polar surface area (TPSA) is 20.3 Å². The molecule has 2 nitrogen and oxygen atoms in total. The zero-order valence-corrected chi connectivity index (χ0v) is 7.66. The molecule has 0 spiro atoms. The van der Waals surface area contributed by atoms with Gasteiger partial charge in [0.05, 0.1) is 0 Å². The zero-order valence-electron chi connectivity index (χ0n) is 7.66. The molecule has 1 rings (SSSR count). The van der Waals surface area contributed by atoms with Crippen LogP contribution in [-0.4, -0.2) is 20.4 Å². The summed E-state index contributed by atoms with van der Waals surface area (Å²) in [6.07, 6.45) is 0.891. The number of rotatable bonds is 2. The SMILES string of the molecule is Cc1ccc(N(C)C)cc1C=O. The van der Waals surface area contributed by atoms with Crippen molar-refractivity contribution in [2.24, 2.45) is 0 Å². The van der Waals surface area contributed by atoms with Crippen molar-refractivity contribution < 1.29 is 4.79 Å². The van der Waals surface area contributed by atoms with Gasteiger partial charge in [0.1, 0.15) is 6.29 Å². The van der Waals surface area contributed by atoms with E-state index >= 15 is 0 Å². The van der Waals surface area contributed by atoms with Crippen LogP contribution in [0.25, 0.3) is 0 Å². The van der Waals surface area contributed by atoms with Crippen LogP contribution in [0.15, 0.2) is 18.2 Å². The minimum Gasteiger partial charge on any atom is -0.378 e. The minimum absolute atomic E-state index is 0.765. The average Bonchev–Trinajstić information content (AvgIpc) is 2.05. The van der Waals surface area contributed by atoms with Gasteiger partial charge in [-0.2, -0.15) is 0 Å². The van der Waals surface area contributed by atoms with Gasteiger partial charge in [-0.3, -0.25) is 4.79 Å². The molecule has 0 amide bonds. The van der Waals surface area contributed by atoms with Crippen molar-refractivity contribution in [2.75, 3.05) is 19.0 Å². The molecular formula is C10H13NO. The van der Waals surface area contributed by atoms with Crippen molar-refractivity contribution in [2.45, 2.75) is 6.92 Å². The van der Waals surface area contributed by atoms with Gasteiger partial charge < -0.3 is 4.90 Å². The van der Waals surface area contributed by atoms with E-state index in [-0.39, 0.29) is 0 Å². The third kappa shape index (κ3) is 1.64. The van der Waals surface area contributed by atoms with Crippen molar-refractivity contribution in [3.05, 3.63) is 29.3 Å². The molecule has 1 aromatic carbocycles. The van der Waals surface area contributed by atoms with Crippen molar-refractivity contribution in [3.8, 4) is 0 Å². The maximum Gasteiger partial charge on any atom is 0.150 e. The first-order valence-corrected chi connectivity index (χ1v) is 3.88. The van der Waals surface area contributed by atoms with E-state index in [0.717, 1.165) is 23.1 Å². The summed E-state index contributed by atoms with van der Waals surface area (Å²) in [5.41, 5.74) is 2.85. The number of hydrogen-bond donors (Lipinski definition) is 0. The Morgan fingerprint density at radius 1 is 1.33 bits per heavy atom. The van der Waals surface area contributed by atoms with Crippen LogP contribution in [0.2, 0.25) is 0 Å². The number of nitrogens with zero attached hydrogens (tertiary/aromatic N) is 1. The van der Waals surface area contributed by atoms with Crippen molar-refractivity contribution in [1.29, 1.82) is 0 Å². The van der Waals surface area contributed by atoms with Crippen LogP contribution in [0.3, 0.4) is 0 Å². The van der Waals surface area contributed by atoms with E-state index in [0.29, 0.717) is 0 Å². The summed E-state index contributed by atoms with van der Waals surface area (Å²) in [5, 5.41) is 0. The van der Waals surface area contributed by atoms with Gasteiger partial charge in [0.15, 0.2) is 0 Å². The Hall–Kier alpha value is -1.31. The Bertz CT molecular complexity index is 292. The van der Waals surface area contributed by atoms with Crippen LogP contribution in [0, 0.1) is 6.92 Å². The predicted molar refractivity (Wildman–Crippen MR) is 50.9 cm³/mol. The van der Waals surface area contributed by atoms with E-state index in [1.807, 2.05) is 44.1 Å². The number of anilines is 1. The molecule has 0 heterocycles. The fourth-order valence-electron chi connectivity index (χ4n) is 1.03. The highest BCUT2D eigenvalue weighted by molar-refractivity contribution is 5.79. The molecule has 0 unspecified atom stereocenters. The van der Waals surface area contributed by atoms with Gasteiger partial charge in [0.25, 0.3) is 0 Å². The van der Waals surface area contributed by atoms with Crippen molar-refractivity contribution >= 4 is 12.0 Å². The summed E-state index contributed by atoms with van der Waals surface area (Å²) in [6, 6.07) is 5.85. The van der Waals surface area contributed by atoms with Gasteiger partial charge in [-0.05, 0) is 24.6 Å². The lowest BCUT2D eigenvalue weighted by molar-refractivity contribution is 0.112. The Morgan fingerprint density at radius 3 is 2.50 bits per heavy atom. The summed E-state index contributed by atoms with van der Waals surface area (Å²) in [6.45, 7) is 1.93. The molecule has 0 atom stereocenters. The van der Waals surface area contributed by atoms with Crippen molar-refractivity contribution in [3.63, 3.8) is 0 Å². The summed E-state index contributed by atoms with van der Waals surface area (Å²) < 4.78 is 0. The smallest absolute Gasteiger partial charge is 0.150 e. The zero-order chi connectivity index (χ0) is 9.14. The fraction of sp³-hybridized carbons (Fsp3) is 0.300. The normalized spacial score (nSPS) is 9.58. The highest BCUT2D eigenvalue weighted by Gasteiger charge is 1.99. The van der Waals surface area contributed by atoms with Gasteiger partial charge in [0, 0.05) is 25.3 Å². The summed E-state index contributed by atoms with van der Waals surface area (Å²) in [5.74, 6) is 0. The van der Waals surface area contributed by atoms with E-state index in [2.05, 4.69) is 0 Å². The standard InChI is InChI=1S/C10H13NO/c1-8-4-5-10(11(2)3)6-9(8)7-12/h4-7H,1-3H3. The quantitative estimate of drug-likeness (QED) is 0.620. The molecule has 0 fully saturated rings. The summed E-state index contributed by atoms with van der Waals surface area (Å²) >= 11 is 0. The van der Waals surface area contributed by atoms with Crippen LogP contribution in [0.5, 0.6) is 0 Å². The van der Waals surface area contributed by atoms with Crippen LogP contribution in [0.4, 0.5) is 5.69 Å². The molecule has 0 saturated heterocycles. The van der Waals surface area contributed by atoms with Crippen LogP contribution in [0.1, 0.15) is 15.9 Å². The average molecular weight is 163 g/mol. The molecule has 0 aromatic heterocycles. The molecular weight excluding hydrogens is 150 g/mol. The van der Waals surface area contributed by atoms with E-state index in [4.69, 9.17) is 0 Å². The monoisotopic (exact) mass is 163 g/mol. The second-order valence-electron chi connectivity index (χ2n) is 3.05. The molecule has 12 heavy (non-hydrogen) atoms. The van der Waals surface area contributed by atoms with Crippen LogP contribution in [-0.2, 0) is 0 Å². The predicted octanol–water partition coefficient (Wildman–Crippen LogP) is 1.87. The van der Waals surface area contributed by atoms with Gasteiger partial charge in [-0.25, -0.2) is 0 Å². The van der Waals surface area contributed by atoms with Gasteiger partial charge in [-0.1, -0.05) is 6.07 Å². The van der Waals surface area contributed by atoms with Crippen molar-refractivity contribution in [1.82, 2.24) is 0 Å². The van der Waals surface area contributed by atoms with E-state index < -0.39 is 0 Å². The number of aldehydes is 1. The van der Waals surface area contributed by atoms with Crippen LogP contribution >= 0.6 is 0 Å². The first-order valence-electron chi connectivity index (χ1n) is 3.88. The third-order valence-corrected chi connectivity index (χ3v) is 1.91. The maximum absolute atomic E-state index is 10.6. The highest BCUT2D eigenvalue weighted by Crippen LogP contribution is 2.15. The number of hydrogen-bond acceptors (Lipinski definition) is 2. The molecule has 0 bridgehead atoms. The second-order valence-corrected chi connectivity index (χ2v) is 3.05. The molecule has 0 aliphatic carbocycles. The Morgan fingerprint density at radius 2 is 2.00 bits per heavy atom.